The summed E-state index contributed by atoms with van der Waals surface area (Å²) in [5.74, 6) is 1.73. The van der Waals surface area contributed by atoms with Crippen molar-refractivity contribution in [3.05, 3.63) is 60.4 Å². The van der Waals surface area contributed by atoms with Crippen LogP contribution in [0.4, 0.5) is 5.95 Å². The van der Waals surface area contributed by atoms with Crippen LogP contribution in [0.3, 0.4) is 0 Å². The van der Waals surface area contributed by atoms with Crippen molar-refractivity contribution in [3.8, 4) is 17.4 Å². The quantitative estimate of drug-likeness (QED) is 0.442. The lowest BCUT2D eigenvalue weighted by Gasteiger charge is -2.33. The summed E-state index contributed by atoms with van der Waals surface area (Å²) in [5, 5.41) is 1.94. The zero-order valence-electron chi connectivity index (χ0n) is 20.2. The standard InChI is InChI=1S/C26H26N8O3/c35-25(22-8-9-27-26(31-22)32-10-12-36-13-11-32)33-15-18-14-17(33)16-34(18)37-23-7-3-6-21(28-23)24-29-19-4-1-2-5-20(19)30-24/h1-9,17-18H,10-16H2,(H,29,30). The minimum Gasteiger partial charge on any atom is -0.385 e. The average molecular weight is 499 g/mol. The molecule has 188 valence electrons. The number of ether oxygens (including phenoxy) is 1. The van der Waals surface area contributed by atoms with E-state index < -0.39 is 0 Å². The van der Waals surface area contributed by atoms with Gasteiger partial charge in [0.05, 0.1) is 36.8 Å². The van der Waals surface area contributed by atoms with Crippen molar-refractivity contribution < 1.29 is 14.4 Å². The molecule has 3 aliphatic heterocycles. The summed E-state index contributed by atoms with van der Waals surface area (Å²) in [4.78, 5) is 45.0. The molecule has 1 aromatic carbocycles. The monoisotopic (exact) mass is 498 g/mol. The Morgan fingerprint density at radius 3 is 2.70 bits per heavy atom. The van der Waals surface area contributed by atoms with E-state index in [9.17, 15) is 4.79 Å². The summed E-state index contributed by atoms with van der Waals surface area (Å²) in [6, 6.07) is 15.4. The van der Waals surface area contributed by atoms with Gasteiger partial charge in [-0.2, -0.15) is 0 Å². The van der Waals surface area contributed by atoms with Crippen LogP contribution < -0.4 is 9.74 Å². The fraction of sp³-hybridized carbons (Fsp3) is 0.346. The lowest BCUT2D eigenvalue weighted by Crippen LogP contribution is -2.50. The van der Waals surface area contributed by atoms with E-state index in [0.717, 1.165) is 36.2 Å². The minimum atomic E-state index is -0.0610. The maximum absolute atomic E-state index is 13.3. The Bertz CT molecular complexity index is 1420. The number of fused-ring (bicyclic) bond motifs is 3. The van der Waals surface area contributed by atoms with Crippen LogP contribution in [0, 0.1) is 0 Å². The second kappa shape index (κ2) is 9.09. The Kier molecular flexibility index (Phi) is 5.44. The molecule has 3 fully saturated rings. The highest BCUT2D eigenvalue weighted by Gasteiger charge is 2.47. The number of hydrogen-bond donors (Lipinski definition) is 1. The van der Waals surface area contributed by atoms with E-state index in [2.05, 4.69) is 29.8 Å². The normalized spacial score (nSPS) is 21.6. The van der Waals surface area contributed by atoms with Gasteiger partial charge in [0.25, 0.3) is 5.91 Å². The summed E-state index contributed by atoms with van der Waals surface area (Å²) in [5.41, 5.74) is 3.01. The van der Waals surface area contributed by atoms with E-state index in [-0.39, 0.29) is 18.0 Å². The Morgan fingerprint density at radius 2 is 1.86 bits per heavy atom. The maximum Gasteiger partial charge on any atom is 0.273 e. The SMILES string of the molecule is O=C(c1ccnc(N2CCOCC2)n1)N1CC2CC1CN2Oc1cccc(-c2nc3ccccc3[nH]2)n1. The first kappa shape index (κ1) is 22.1. The van der Waals surface area contributed by atoms with Gasteiger partial charge < -0.3 is 24.4 Å². The van der Waals surface area contributed by atoms with Gasteiger partial charge in [-0.25, -0.2) is 19.9 Å². The topological polar surface area (TPSA) is 113 Å². The summed E-state index contributed by atoms with van der Waals surface area (Å²) >= 11 is 0. The number of anilines is 1. The van der Waals surface area contributed by atoms with Crippen molar-refractivity contribution in [3.63, 3.8) is 0 Å². The molecule has 4 aromatic rings. The second-order valence-corrected chi connectivity index (χ2v) is 9.50. The average Bonchev–Trinajstić information content (AvgIpc) is 3.68. The highest BCUT2D eigenvalue weighted by molar-refractivity contribution is 5.93. The third kappa shape index (κ3) is 4.15. The summed E-state index contributed by atoms with van der Waals surface area (Å²) < 4.78 is 5.41. The van der Waals surface area contributed by atoms with Gasteiger partial charge in [0.2, 0.25) is 11.8 Å². The summed E-state index contributed by atoms with van der Waals surface area (Å²) in [7, 11) is 0. The van der Waals surface area contributed by atoms with Crippen LogP contribution in [-0.4, -0.2) is 92.3 Å². The summed E-state index contributed by atoms with van der Waals surface area (Å²) in [6.07, 6.45) is 2.52. The van der Waals surface area contributed by atoms with Gasteiger partial charge in [-0.15, -0.1) is 5.06 Å². The number of H-pyrrole nitrogens is 1. The zero-order chi connectivity index (χ0) is 24.8. The first-order chi connectivity index (χ1) is 18.2. The Hall–Kier alpha value is -4.09. The van der Waals surface area contributed by atoms with Gasteiger partial charge in [0, 0.05) is 37.9 Å². The predicted octanol–water partition coefficient (Wildman–Crippen LogP) is 2.14. The lowest BCUT2D eigenvalue weighted by molar-refractivity contribution is -0.0947. The van der Waals surface area contributed by atoms with Crippen LogP contribution in [0.25, 0.3) is 22.6 Å². The van der Waals surface area contributed by atoms with Crippen molar-refractivity contribution in [2.45, 2.75) is 18.5 Å². The van der Waals surface area contributed by atoms with Crippen LogP contribution in [-0.2, 0) is 4.74 Å². The molecule has 37 heavy (non-hydrogen) atoms. The number of carbonyl (C=O) groups is 1. The predicted molar refractivity (Wildman–Crippen MR) is 135 cm³/mol. The van der Waals surface area contributed by atoms with E-state index in [0.29, 0.717) is 49.6 Å². The number of hydrogen-bond acceptors (Lipinski definition) is 9. The van der Waals surface area contributed by atoms with Gasteiger partial charge in [-0.1, -0.05) is 18.2 Å². The van der Waals surface area contributed by atoms with Crippen molar-refractivity contribution in [2.24, 2.45) is 0 Å². The molecule has 3 aromatic heterocycles. The van der Waals surface area contributed by atoms with Crippen molar-refractivity contribution in [2.75, 3.05) is 44.3 Å². The number of aromatic nitrogens is 5. The molecular formula is C26H26N8O3. The Balaban J connectivity index is 1.02. The molecule has 3 saturated heterocycles. The van der Waals surface area contributed by atoms with Gasteiger partial charge in [-0.3, -0.25) is 4.79 Å². The number of rotatable bonds is 5. The number of morpholine rings is 1. The number of para-hydroxylation sites is 2. The third-order valence-electron chi connectivity index (χ3n) is 7.17. The molecule has 2 unspecified atom stereocenters. The number of hydroxylamine groups is 2. The number of benzene rings is 1. The molecule has 0 radical (unpaired) electrons. The number of likely N-dealkylation sites (tertiary alicyclic amines) is 1. The van der Waals surface area contributed by atoms with E-state index >= 15 is 0 Å². The molecule has 0 aliphatic carbocycles. The highest BCUT2D eigenvalue weighted by atomic mass is 16.7. The first-order valence-corrected chi connectivity index (χ1v) is 12.5. The van der Waals surface area contributed by atoms with Gasteiger partial charge >= 0.3 is 0 Å². The van der Waals surface area contributed by atoms with Crippen LogP contribution in [0.5, 0.6) is 5.88 Å². The molecule has 3 aliphatic rings. The van der Waals surface area contributed by atoms with E-state index in [4.69, 9.17) is 9.57 Å². The number of piperazine rings is 1. The third-order valence-corrected chi connectivity index (χ3v) is 7.17. The first-order valence-electron chi connectivity index (χ1n) is 12.5. The molecule has 11 nitrogen and oxygen atoms in total. The van der Waals surface area contributed by atoms with Crippen molar-refractivity contribution >= 4 is 22.9 Å². The van der Waals surface area contributed by atoms with Crippen LogP contribution in [0.1, 0.15) is 16.9 Å². The van der Waals surface area contributed by atoms with Crippen LogP contribution >= 0.6 is 0 Å². The number of nitrogens with one attached hydrogen (secondary N) is 1. The number of amides is 1. The largest absolute Gasteiger partial charge is 0.385 e. The number of carbonyl (C=O) groups excluding carboxylic acids is 1. The van der Waals surface area contributed by atoms with Gasteiger partial charge in [0.15, 0.2) is 5.82 Å². The molecular weight excluding hydrogens is 472 g/mol. The van der Waals surface area contributed by atoms with Crippen molar-refractivity contribution in [1.82, 2.24) is 34.9 Å². The Morgan fingerprint density at radius 1 is 0.973 bits per heavy atom. The van der Waals surface area contributed by atoms with Gasteiger partial charge in [-0.05, 0) is 30.7 Å². The second-order valence-electron chi connectivity index (χ2n) is 9.50. The molecule has 0 spiro atoms. The zero-order valence-corrected chi connectivity index (χ0v) is 20.2. The molecule has 2 atom stereocenters. The number of imidazole rings is 1. The minimum absolute atomic E-state index is 0.0610. The van der Waals surface area contributed by atoms with Crippen LogP contribution in [0.15, 0.2) is 54.7 Å². The Labute approximate surface area is 213 Å². The molecule has 2 bridgehead atoms. The van der Waals surface area contributed by atoms with E-state index in [1.807, 2.05) is 52.4 Å². The molecule has 7 rings (SSSR count). The molecule has 1 N–H and O–H groups in total. The van der Waals surface area contributed by atoms with Crippen molar-refractivity contribution in [1.29, 1.82) is 0 Å². The van der Waals surface area contributed by atoms with Crippen LogP contribution in [0.2, 0.25) is 0 Å². The smallest absolute Gasteiger partial charge is 0.273 e. The maximum atomic E-state index is 13.3. The van der Waals surface area contributed by atoms with E-state index in [1.165, 1.54) is 0 Å². The van der Waals surface area contributed by atoms with Gasteiger partial charge in [0.1, 0.15) is 11.4 Å². The molecule has 1 amide bonds. The van der Waals surface area contributed by atoms with E-state index in [1.54, 1.807) is 12.3 Å². The highest BCUT2D eigenvalue weighted by Crippen LogP contribution is 2.33. The number of aromatic amines is 1. The number of nitrogens with zero attached hydrogens (tertiary/aromatic N) is 7. The fourth-order valence-electron chi connectivity index (χ4n) is 5.31. The lowest BCUT2D eigenvalue weighted by atomic mass is 10.2. The summed E-state index contributed by atoms with van der Waals surface area (Å²) in [6.45, 7) is 3.94. The fourth-order valence-corrected chi connectivity index (χ4v) is 5.31. The molecule has 11 heteroatoms. The number of pyridine rings is 1. The molecule has 0 saturated carbocycles. The molecule has 6 heterocycles.